The van der Waals surface area contributed by atoms with Crippen LogP contribution in [-0.4, -0.2) is 17.3 Å². The van der Waals surface area contributed by atoms with Crippen LogP contribution in [-0.2, 0) is 16.7 Å². The predicted molar refractivity (Wildman–Crippen MR) is 81.7 cm³/mol. The van der Waals surface area contributed by atoms with Crippen LogP contribution in [0.1, 0.15) is 40.2 Å². The highest BCUT2D eigenvalue weighted by molar-refractivity contribution is 5.81. The quantitative estimate of drug-likeness (QED) is 0.795. The summed E-state index contributed by atoms with van der Waals surface area (Å²) in [5.74, 6) is 0. The molecule has 0 N–H and O–H groups in total. The van der Waals surface area contributed by atoms with E-state index in [1.807, 2.05) is 0 Å². The fraction of sp³-hybridized carbons (Fsp3) is 0.529. The standard InChI is InChI=1S/C17H25NO/c1-13(2)19-11-10-18-9-8-14-12-15(17(3,4)5)6-7-16(14)18/h6-9,12-13H,10-11H2,1-5H3. The van der Waals surface area contributed by atoms with Crippen molar-refractivity contribution in [3.05, 3.63) is 36.0 Å². The largest absolute Gasteiger partial charge is 0.377 e. The summed E-state index contributed by atoms with van der Waals surface area (Å²) in [5.41, 5.74) is 2.88. The SMILES string of the molecule is CC(C)OCCn1ccc2cc(C(C)(C)C)ccc21. The predicted octanol–water partition coefficient (Wildman–Crippen LogP) is 4.36. The van der Waals surface area contributed by atoms with Gasteiger partial charge in [0, 0.05) is 18.3 Å². The summed E-state index contributed by atoms with van der Waals surface area (Å²) in [6.45, 7) is 12.6. The number of hydrogen-bond donors (Lipinski definition) is 0. The van der Waals surface area contributed by atoms with Gasteiger partial charge in [-0.15, -0.1) is 0 Å². The van der Waals surface area contributed by atoms with E-state index in [0.29, 0.717) is 6.10 Å². The summed E-state index contributed by atoms with van der Waals surface area (Å²) in [6.07, 6.45) is 2.45. The average Bonchev–Trinajstić information content (AvgIpc) is 2.70. The molecule has 0 radical (unpaired) electrons. The molecule has 1 heterocycles. The molecule has 104 valence electrons. The van der Waals surface area contributed by atoms with E-state index in [1.165, 1.54) is 16.5 Å². The van der Waals surface area contributed by atoms with Gasteiger partial charge in [0.25, 0.3) is 0 Å². The van der Waals surface area contributed by atoms with Crippen molar-refractivity contribution < 1.29 is 4.74 Å². The molecule has 1 aromatic carbocycles. The number of benzene rings is 1. The van der Waals surface area contributed by atoms with Crippen molar-refractivity contribution in [2.45, 2.75) is 52.7 Å². The summed E-state index contributed by atoms with van der Waals surface area (Å²) in [7, 11) is 0. The second-order valence-corrected chi connectivity index (χ2v) is 6.45. The Labute approximate surface area is 116 Å². The normalized spacial score (nSPS) is 12.5. The molecule has 2 nitrogen and oxygen atoms in total. The van der Waals surface area contributed by atoms with E-state index in [1.54, 1.807) is 0 Å². The number of ether oxygens (including phenoxy) is 1. The molecule has 0 spiro atoms. The van der Waals surface area contributed by atoms with E-state index in [0.717, 1.165) is 13.2 Å². The maximum atomic E-state index is 5.62. The number of nitrogens with zero attached hydrogens (tertiary/aromatic N) is 1. The molecule has 2 rings (SSSR count). The number of hydrogen-bond acceptors (Lipinski definition) is 1. The van der Waals surface area contributed by atoms with Crippen LogP contribution < -0.4 is 0 Å². The highest BCUT2D eigenvalue weighted by Crippen LogP contribution is 2.26. The van der Waals surface area contributed by atoms with E-state index in [-0.39, 0.29) is 5.41 Å². The molecule has 1 aromatic heterocycles. The molecule has 0 unspecified atom stereocenters. The van der Waals surface area contributed by atoms with E-state index in [9.17, 15) is 0 Å². The molecule has 0 atom stereocenters. The van der Waals surface area contributed by atoms with Crippen molar-refractivity contribution in [3.8, 4) is 0 Å². The minimum atomic E-state index is 0.205. The second-order valence-electron chi connectivity index (χ2n) is 6.45. The first kappa shape index (κ1) is 14.1. The van der Waals surface area contributed by atoms with Gasteiger partial charge in [-0.3, -0.25) is 0 Å². The maximum absolute atomic E-state index is 5.62. The fourth-order valence-corrected chi connectivity index (χ4v) is 2.25. The topological polar surface area (TPSA) is 14.2 Å². The van der Waals surface area contributed by atoms with Gasteiger partial charge in [0.05, 0.1) is 12.7 Å². The lowest BCUT2D eigenvalue weighted by molar-refractivity contribution is 0.0733. The first-order valence-corrected chi connectivity index (χ1v) is 7.09. The molecule has 0 saturated heterocycles. The van der Waals surface area contributed by atoms with Gasteiger partial charge in [-0.1, -0.05) is 26.8 Å². The molecule has 0 amide bonds. The van der Waals surface area contributed by atoms with Gasteiger partial charge >= 0.3 is 0 Å². The second kappa shape index (κ2) is 5.38. The van der Waals surface area contributed by atoms with Crippen LogP contribution in [0.3, 0.4) is 0 Å². The highest BCUT2D eigenvalue weighted by Gasteiger charge is 2.14. The zero-order chi connectivity index (χ0) is 14.0. The van der Waals surface area contributed by atoms with Gasteiger partial charge in [-0.05, 0) is 48.4 Å². The van der Waals surface area contributed by atoms with Gasteiger partial charge in [-0.25, -0.2) is 0 Å². The number of fused-ring (bicyclic) bond motifs is 1. The Balaban J connectivity index is 2.20. The van der Waals surface area contributed by atoms with Crippen molar-refractivity contribution in [1.82, 2.24) is 4.57 Å². The zero-order valence-electron chi connectivity index (χ0n) is 12.7. The third-order valence-electron chi connectivity index (χ3n) is 3.42. The summed E-state index contributed by atoms with van der Waals surface area (Å²) in [5, 5.41) is 1.32. The van der Waals surface area contributed by atoms with Gasteiger partial charge in [0.15, 0.2) is 0 Å². The summed E-state index contributed by atoms with van der Waals surface area (Å²) < 4.78 is 7.89. The van der Waals surface area contributed by atoms with E-state index >= 15 is 0 Å². The molecular formula is C17H25NO. The zero-order valence-corrected chi connectivity index (χ0v) is 12.7. The molecule has 2 heteroatoms. The Morgan fingerprint density at radius 3 is 2.53 bits per heavy atom. The first-order chi connectivity index (χ1) is 8.88. The minimum Gasteiger partial charge on any atom is -0.377 e. The molecule has 0 aliphatic rings. The van der Waals surface area contributed by atoms with Crippen LogP contribution in [0.2, 0.25) is 0 Å². The Morgan fingerprint density at radius 1 is 1.16 bits per heavy atom. The average molecular weight is 259 g/mol. The van der Waals surface area contributed by atoms with Crippen molar-refractivity contribution >= 4 is 10.9 Å². The summed E-state index contributed by atoms with van der Waals surface area (Å²) in [4.78, 5) is 0. The summed E-state index contributed by atoms with van der Waals surface area (Å²) >= 11 is 0. The van der Waals surface area contributed by atoms with Crippen molar-refractivity contribution in [2.75, 3.05) is 6.61 Å². The maximum Gasteiger partial charge on any atom is 0.0649 e. The van der Waals surface area contributed by atoms with Crippen LogP contribution in [0.4, 0.5) is 0 Å². The number of aromatic nitrogens is 1. The van der Waals surface area contributed by atoms with Gasteiger partial charge in [-0.2, -0.15) is 0 Å². The lowest BCUT2D eigenvalue weighted by Gasteiger charge is -2.19. The fourth-order valence-electron chi connectivity index (χ4n) is 2.25. The van der Waals surface area contributed by atoms with E-state index < -0.39 is 0 Å². The van der Waals surface area contributed by atoms with Crippen LogP contribution in [0.25, 0.3) is 10.9 Å². The molecular weight excluding hydrogens is 234 g/mol. The van der Waals surface area contributed by atoms with Crippen LogP contribution in [0.5, 0.6) is 0 Å². The monoisotopic (exact) mass is 259 g/mol. The molecule has 0 bridgehead atoms. The Kier molecular flexibility index (Phi) is 4.00. The molecule has 0 saturated carbocycles. The lowest BCUT2D eigenvalue weighted by atomic mass is 9.86. The van der Waals surface area contributed by atoms with E-state index in [4.69, 9.17) is 4.74 Å². The molecule has 0 fully saturated rings. The lowest BCUT2D eigenvalue weighted by Crippen LogP contribution is -2.11. The van der Waals surface area contributed by atoms with Gasteiger partial charge < -0.3 is 9.30 Å². The van der Waals surface area contributed by atoms with Crippen LogP contribution in [0, 0.1) is 0 Å². The van der Waals surface area contributed by atoms with Crippen LogP contribution in [0.15, 0.2) is 30.5 Å². The molecule has 19 heavy (non-hydrogen) atoms. The van der Waals surface area contributed by atoms with Crippen molar-refractivity contribution in [3.63, 3.8) is 0 Å². The third-order valence-corrected chi connectivity index (χ3v) is 3.42. The summed E-state index contributed by atoms with van der Waals surface area (Å²) in [6, 6.07) is 8.96. The van der Waals surface area contributed by atoms with Crippen molar-refractivity contribution in [1.29, 1.82) is 0 Å². The van der Waals surface area contributed by atoms with Crippen LogP contribution >= 0.6 is 0 Å². The Hall–Kier alpha value is -1.28. The Morgan fingerprint density at radius 2 is 1.89 bits per heavy atom. The Bertz CT molecular complexity index is 546. The van der Waals surface area contributed by atoms with Gasteiger partial charge in [0.1, 0.15) is 0 Å². The van der Waals surface area contributed by atoms with Gasteiger partial charge in [0.2, 0.25) is 0 Å². The van der Waals surface area contributed by atoms with E-state index in [2.05, 4.69) is 69.6 Å². The number of rotatable bonds is 4. The van der Waals surface area contributed by atoms with Crippen molar-refractivity contribution in [2.24, 2.45) is 0 Å². The molecule has 0 aliphatic heterocycles. The minimum absolute atomic E-state index is 0.205. The smallest absolute Gasteiger partial charge is 0.0649 e. The first-order valence-electron chi connectivity index (χ1n) is 7.09. The third kappa shape index (κ3) is 3.38. The molecule has 2 aromatic rings. The molecule has 0 aliphatic carbocycles. The highest BCUT2D eigenvalue weighted by atomic mass is 16.5.